The van der Waals surface area contributed by atoms with Crippen molar-refractivity contribution in [1.29, 1.82) is 0 Å². The minimum Gasteiger partial charge on any atom is -0.347 e. The van der Waals surface area contributed by atoms with Gasteiger partial charge in [-0.05, 0) is 38.0 Å². The lowest BCUT2D eigenvalue weighted by atomic mass is 10.0. The monoisotopic (exact) mass is 283 g/mol. The molecule has 0 heterocycles. The van der Waals surface area contributed by atoms with E-state index in [1.807, 2.05) is 20.8 Å². The van der Waals surface area contributed by atoms with Crippen LogP contribution < -0.4 is 5.32 Å². The van der Waals surface area contributed by atoms with Crippen molar-refractivity contribution in [3.8, 4) is 0 Å². The second kappa shape index (κ2) is 5.74. The van der Waals surface area contributed by atoms with Gasteiger partial charge < -0.3 is 5.32 Å². The van der Waals surface area contributed by atoms with Crippen LogP contribution in [0.25, 0.3) is 0 Å². The van der Waals surface area contributed by atoms with Crippen LogP contribution in [0, 0.1) is 0 Å². The third-order valence-electron chi connectivity index (χ3n) is 2.98. The van der Waals surface area contributed by atoms with E-state index in [1.54, 1.807) is 24.3 Å². The SMILES string of the molecule is CCC(C)(C)NC(=O)c1ccc(CS(C)(=O)=O)cc1. The highest BCUT2D eigenvalue weighted by molar-refractivity contribution is 7.89. The van der Waals surface area contributed by atoms with Crippen LogP contribution in [0.15, 0.2) is 24.3 Å². The molecule has 1 aromatic carbocycles. The zero-order valence-electron chi connectivity index (χ0n) is 11.9. The van der Waals surface area contributed by atoms with Crippen LogP contribution in [0.5, 0.6) is 0 Å². The van der Waals surface area contributed by atoms with E-state index >= 15 is 0 Å². The standard InChI is InChI=1S/C14H21NO3S/c1-5-14(2,3)15-13(16)12-8-6-11(7-9-12)10-19(4,17)18/h6-9H,5,10H2,1-4H3,(H,15,16). The second-order valence-electron chi connectivity index (χ2n) is 5.46. The largest absolute Gasteiger partial charge is 0.347 e. The van der Waals surface area contributed by atoms with E-state index in [0.29, 0.717) is 11.1 Å². The molecule has 1 N–H and O–H groups in total. The molecule has 0 aliphatic heterocycles. The summed E-state index contributed by atoms with van der Waals surface area (Å²) in [6.07, 6.45) is 2.03. The topological polar surface area (TPSA) is 63.2 Å². The summed E-state index contributed by atoms with van der Waals surface area (Å²) in [7, 11) is -3.04. The van der Waals surface area contributed by atoms with Gasteiger partial charge in [-0.3, -0.25) is 4.79 Å². The first kappa shape index (κ1) is 15.7. The molecule has 0 atom stereocenters. The highest BCUT2D eigenvalue weighted by atomic mass is 32.2. The van der Waals surface area contributed by atoms with E-state index in [1.165, 1.54) is 6.26 Å². The average Bonchev–Trinajstić information content (AvgIpc) is 2.27. The molecule has 1 amide bonds. The Bertz CT molecular complexity index is 545. The van der Waals surface area contributed by atoms with Crippen LogP contribution in [0.2, 0.25) is 0 Å². The first-order valence-electron chi connectivity index (χ1n) is 6.22. The van der Waals surface area contributed by atoms with Crippen molar-refractivity contribution in [2.45, 2.75) is 38.5 Å². The molecule has 0 aromatic heterocycles. The van der Waals surface area contributed by atoms with E-state index in [2.05, 4.69) is 5.32 Å². The van der Waals surface area contributed by atoms with Crippen LogP contribution in [-0.4, -0.2) is 26.1 Å². The first-order valence-corrected chi connectivity index (χ1v) is 8.28. The Balaban J connectivity index is 2.79. The molecule has 0 aliphatic carbocycles. The van der Waals surface area contributed by atoms with E-state index in [9.17, 15) is 13.2 Å². The van der Waals surface area contributed by atoms with E-state index in [-0.39, 0.29) is 17.2 Å². The molecule has 1 aromatic rings. The van der Waals surface area contributed by atoms with Crippen molar-refractivity contribution in [2.24, 2.45) is 0 Å². The maximum atomic E-state index is 12.0. The fourth-order valence-electron chi connectivity index (χ4n) is 1.52. The summed E-state index contributed by atoms with van der Waals surface area (Å²) in [5.74, 6) is -0.146. The van der Waals surface area contributed by atoms with Crippen molar-refractivity contribution < 1.29 is 13.2 Å². The van der Waals surface area contributed by atoms with E-state index in [0.717, 1.165) is 6.42 Å². The number of rotatable bonds is 5. The molecule has 19 heavy (non-hydrogen) atoms. The molecule has 0 spiro atoms. The summed E-state index contributed by atoms with van der Waals surface area (Å²) in [5, 5.41) is 2.93. The number of benzene rings is 1. The highest BCUT2D eigenvalue weighted by Crippen LogP contribution is 2.11. The van der Waals surface area contributed by atoms with Gasteiger partial charge in [0.1, 0.15) is 0 Å². The van der Waals surface area contributed by atoms with Crippen molar-refractivity contribution in [3.05, 3.63) is 35.4 Å². The number of carbonyl (C=O) groups is 1. The van der Waals surface area contributed by atoms with Gasteiger partial charge in [0.05, 0.1) is 5.75 Å². The third kappa shape index (κ3) is 5.42. The van der Waals surface area contributed by atoms with Gasteiger partial charge in [-0.1, -0.05) is 19.1 Å². The zero-order valence-corrected chi connectivity index (χ0v) is 12.7. The van der Waals surface area contributed by atoms with Crippen molar-refractivity contribution in [2.75, 3.05) is 6.26 Å². The third-order valence-corrected chi connectivity index (χ3v) is 3.84. The molecule has 106 valence electrons. The summed E-state index contributed by atoms with van der Waals surface area (Å²) in [6, 6.07) is 6.66. The quantitative estimate of drug-likeness (QED) is 0.900. The molecular formula is C14H21NO3S. The number of sulfone groups is 1. The van der Waals surface area contributed by atoms with Crippen molar-refractivity contribution in [3.63, 3.8) is 0 Å². The molecule has 0 radical (unpaired) electrons. The first-order chi connectivity index (χ1) is 8.63. The Labute approximate surface area is 115 Å². The summed E-state index contributed by atoms with van der Waals surface area (Å²) < 4.78 is 22.3. The molecule has 0 aliphatic rings. The van der Waals surface area contributed by atoms with Crippen LogP contribution in [0.4, 0.5) is 0 Å². The summed E-state index contributed by atoms with van der Waals surface area (Å²) >= 11 is 0. The second-order valence-corrected chi connectivity index (χ2v) is 7.60. The Morgan fingerprint density at radius 2 is 1.74 bits per heavy atom. The summed E-state index contributed by atoms with van der Waals surface area (Å²) in [5.41, 5.74) is 0.982. The summed E-state index contributed by atoms with van der Waals surface area (Å²) in [6.45, 7) is 5.93. The molecule has 4 nitrogen and oxygen atoms in total. The van der Waals surface area contributed by atoms with Gasteiger partial charge >= 0.3 is 0 Å². The molecule has 0 saturated heterocycles. The van der Waals surface area contributed by atoms with E-state index < -0.39 is 9.84 Å². The Kier molecular flexibility index (Phi) is 4.74. The molecule has 0 fully saturated rings. The lowest BCUT2D eigenvalue weighted by Crippen LogP contribution is -2.42. The van der Waals surface area contributed by atoms with Crippen molar-refractivity contribution >= 4 is 15.7 Å². The van der Waals surface area contributed by atoms with Crippen LogP contribution in [-0.2, 0) is 15.6 Å². The highest BCUT2D eigenvalue weighted by Gasteiger charge is 2.18. The molecule has 0 unspecified atom stereocenters. The van der Waals surface area contributed by atoms with Crippen molar-refractivity contribution in [1.82, 2.24) is 5.32 Å². The number of hydrogen-bond donors (Lipinski definition) is 1. The molecular weight excluding hydrogens is 262 g/mol. The van der Waals surface area contributed by atoms with Crippen LogP contribution >= 0.6 is 0 Å². The lowest BCUT2D eigenvalue weighted by Gasteiger charge is -2.24. The predicted octanol–water partition coefficient (Wildman–Crippen LogP) is 2.15. The smallest absolute Gasteiger partial charge is 0.251 e. The predicted molar refractivity (Wildman–Crippen MR) is 76.8 cm³/mol. The Morgan fingerprint density at radius 3 is 2.16 bits per heavy atom. The minimum absolute atomic E-state index is 0.00461. The maximum Gasteiger partial charge on any atom is 0.251 e. The number of amides is 1. The lowest BCUT2D eigenvalue weighted by molar-refractivity contribution is 0.0911. The van der Waals surface area contributed by atoms with Gasteiger partial charge in [-0.25, -0.2) is 8.42 Å². The normalized spacial score (nSPS) is 12.2. The zero-order chi connectivity index (χ0) is 14.7. The maximum absolute atomic E-state index is 12.0. The average molecular weight is 283 g/mol. The molecule has 0 bridgehead atoms. The Morgan fingerprint density at radius 1 is 1.21 bits per heavy atom. The molecule has 0 saturated carbocycles. The Hall–Kier alpha value is -1.36. The van der Waals surface area contributed by atoms with E-state index in [4.69, 9.17) is 0 Å². The number of nitrogens with one attached hydrogen (secondary N) is 1. The van der Waals surface area contributed by atoms with Gasteiger partial charge in [0, 0.05) is 17.4 Å². The molecule has 1 rings (SSSR count). The number of carbonyl (C=O) groups excluding carboxylic acids is 1. The number of hydrogen-bond acceptors (Lipinski definition) is 3. The van der Waals surface area contributed by atoms with Gasteiger partial charge in [0.15, 0.2) is 9.84 Å². The van der Waals surface area contributed by atoms with Gasteiger partial charge in [-0.15, -0.1) is 0 Å². The van der Waals surface area contributed by atoms with Gasteiger partial charge in [-0.2, -0.15) is 0 Å². The van der Waals surface area contributed by atoms with Gasteiger partial charge in [0.25, 0.3) is 5.91 Å². The summed E-state index contributed by atoms with van der Waals surface area (Å²) in [4.78, 5) is 12.0. The fraction of sp³-hybridized carbons (Fsp3) is 0.500. The molecule has 5 heteroatoms. The van der Waals surface area contributed by atoms with Crippen LogP contribution in [0.3, 0.4) is 0 Å². The fourth-order valence-corrected chi connectivity index (χ4v) is 2.32. The van der Waals surface area contributed by atoms with Crippen LogP contribution in [0.1, 0.15) is 43.1 Å². The van der Waals surface area contributed by atoms with Gasteiger partial charge in [0.2, 0.25) is 0 Å². The minimum atomic E-state index is -3.04.